The van der Waals surface area contributed by atoms with Gasteiger partial charge in [0.15, 0.2) is 34.7 Å². The van der Waals surface area contributed by atoms with Gasteiger partial charge in [-0.15, -0.1) is 34.0 Å². The van der Waals surface area contributed by atoms with E-state index in [4.69, 9.17) is 45.4 Å². The Bertz CT molecular complexity index is 5730. The number of thiophene rings is 3. The number of carbonyl (C=O) groups excluding carboxylic acids is 5. The average molecular weight is 1980 g/mol. The summed E-state index contributed by atoms with van der Waals surface area (Å²) in [5.74, 6) is 7.24. The molecule has 12 aromatic rings. The topological polar surface area (TPSA) is 300 Å². The Labute approximate surface area is 835 Å². The van der Waals surface area contributed by atoms with Crippen LogP contribution in [0.25, 0.3) is 68.3 Å². The van der Waals surface area contributed by atoms with Gasteiger partial charge in [-0.1, -0.05) is 52.3 Å². The summed E-state index contributed by atoms with van der Waals surface area (Å²) >= 11 is 7.85. The number of ketones is 5. The summed E-state index contributed by atoms with van der Waals surface area (Å²) in [7, 11) is 0. The van der Waals surface area contributed by atoms with E-state index in [9.17, 15) is 41.9 Å². The van der Waals surface area contributed by atoms with Gasteiger partial charge in [-0.05, 0) is 228 Å². The number of benzene rings is 3. The molecule has 4 N–H and O–H groups in total. The zero-order chi connectivity index (χ0) is 94.5. The smallest absolute Gasteiger partial charge is 0.553 e. The second-order valence-electron chi connectivity index (χ2n) is 35.9. The van der Waals surface area contributed by atoms with E-state index in [0.717, 1.165) is 268 Å². The molecule has 0 atom stereocenters. The minimum absolute atomic E-state index is 0. The van der Waals surface area contributed by atoms with Crippen LogP contribution in [-0.2, 0) is 67.7 Å². The molecular weight excluding hydrogens is 1860 g/mol. The number of nitrogens with one attached hydrogen (secondary N) is 2. The van der Waals surface area contributed by atoms with Gasteiger partial charge in [0, 0.05) is 217 Å². The number of aliphatic carboxylic acids is 1. The quantitative estimate of drug-likeness (QED) is 0.0139. The Hall–Kier alpha value is -9.39. The van der Waals surface area contributed by atoms with E-state index in [-0.39, 0.29) is 95.6 Å². The van der Waals surface area contributed by atoms with Crippen molar-refractivity contribution in [2.75, 3.05) is 97.0 Å². The fourth-order valence-corrected chi connectivity index (χ4v) is 20.1. The molecule has 24 nitrogen and oxygen atoms in total. The Kier molecular flexibility index (Phi) is 40.2. The van der Waals surface area contributed by atoms with Crippen LogP contribution in [-0.4, -0.2) is 197 Å². The summed E-state index contributed by atoms with van der Waals surface area (Å²) in [6.07, 6.45) is 27.7. The molecule has 12 heterocycles. The summed E-state index contributed by atoms with van der Waals surface area (Å²) in [5.41, 5.74) is 10.5. The molecule has 712 valence electrons. The molecule has 18 rings (SSSR count). The van der Waals surface area contributed by atoms with Crippen LogP contribution in [0.4, 0.5) is 13.2 Å². The molecule has 0 unspecified atom stereocenters. The maximum absolute atomic E-state index is 15.0. The van der Waals surface area contributed by atoms with E-state index < -0.39 is 23.4 Å². The van der Waals surface area contributed by atoms with Crippen molar-refractivity contribution in [1.82, 2.24) is 59.7 Å². The molecule has 0 spiro atoms. The van der Waals surface area contributed by atoms with Crippen LogP contribution < -0.4 is 49.1 Å². The number of ether oxygens (including phenoxy) is 3. The molecular formula is C104H118BrF3N13NaO11S3. The fraction of sp³-hybridized carbons (Fsp3) is 0.423. The number of carboxylic acids is 1. The first kappa shape index (κ1) is 104. The molecule has 3 saturated heterocycles. The number of aromatic nitrogens is 6. The first-order chi connectivity index (χ1) is 65.7. The number of hydrogen-bond acceptors (Lipinski definition) is 25. The van der Waals surface area contributed by atoms with Gasteiger partial charge in [0.1, 0.15) is 46.2 Å². The fourth-order valence-electron chi connectivity index (χ4n) is 16.5. The maximum Gasteiger partial charge on any atom is 1.00 e. The largest absolute Gasteiger partial charge is 1.00 e. The van der Waals surface area contributed by atoms with Gasteiger partial charge in [-0.3, -0.25) is 63.8 Å². The molecule has 3 aliphatic heterocycles. The SMILES string of the molecule is CC(=O)CCCCBr.CC(=O)CCCCN1CCN(Cc2ccc(-c3cc4nccc(Oc5ccc(CC(=O)CC6CC6)cc5F)c4s3)nc2)CC1.O=C(Cc1ccc(Oc2ccnc3cc(-c4ccc(CN5CCNCC5)cn4)sc23)c(F)c1)CC1CC1.O=C(O)CCCCN1CCN(Cc2ccc(-c3cc4nccc(Oc5ccc(CC(=O)CC6CC6)cc5F)c4s3)nc2)CC1.[NH-]O.[Na+]. The number of fused-ring (bicyclic) bond motifs is 3. The monoisotopic (exact) mass is 1980 g/mol. The third kappa shape index (κ3) is 32.6. The number of unbranched alkanes of at least 4 members (excludes halogenated alkanes) is 3. The Morgan fingerprint density at radius 2 is 0.706 bits per heavy atom. The van der Waals surface area contributed by atoms with Crippen LogP contribution in [0, 0.1) is 35.2 Å². The molecule has 3 aliphatic carbocycles. The van der Waals surface area contributed by atoms with Gasteiger partial charge in [0.25, 0.3) is 0 Å². The van der Waals surface area contributed by atoms with Crippen molar-refractivity contribution in [2.24, 2.45) is 17.8 Å². The van der Waals surface area contributed by atoms with Crippen molar-refractivity contribution >= 4 is 115 Å². The minimum atomic E-state index is -0.722. The predicted molar refractivity (Wildman–Crippen MR) is 528 cm³/mol. The first-order valence-corrected chi connectivity index (χ1v) is 50.5. The van der Waals surface area contributed by atoms with E-state index in [0.29, 0.717) is 83.2 Å². The normalized spacial score (nSPS) is 15.3. The van der Waals surface area contributed by atoms with E-state index in [1.807, 2.05) is 48.9 Å². The molecule has 6 aliphatic rings. The summed E-state index contributed by atoms with van der Waals surface area (Å²) in [4.78, 5) is 112. The number of hydrogen-bond donors (Lipinski definition) is 3. The molecule has 0 amide bonds. The Balaban J connectivity index is 0.000000164. The second-order valence-corrected chi connectivity index (χ2v) is 39.8. The molecule has 9 aromatic heterocycles. The number of carboxylic acid groups (broad SMARTS) is 1. The van der Waals surface area contributed by atoms with Gasteiger partial charge in [-0.25, -0.2) is 13.2 Å². The third-order valence-electron chi connectivity index (χ3n) is 24.5. The van der Waals surface area contributed by atoms with E-state index in [1.165, 1.54) is 63.3 Å². The standard InChI is InChI=1S/C35H39FN4O3S.C34H37FN4O4S.C29H29FN4O2S.C6H11BrO.H2NO.Na/c1-24(41)4-2-3-13-39-14-16-40(17-15-39)23-27-7-9-30(38-22-27)34-21-31-35(44-34)33(11-12-37-31)43-32-10-8-26(20-29(32)36)19-28(42)18-25-5-6-25;35-27-19-24(18-26(40)17-23-4-5-23)7-9-30(27)43-31-10-11-36-29-20-32(44-34(29)31)28-8-6-25(21-37-28)22-39-15-13-38(14-16-39)12-2-1-3-33(41)42;30-23-15-20(14-22(35)13-19-1-2-19)4-6-26(23)36-27-7-8-32-25-16-28(37-29(25)27)24-5-3-21(17-33-24)18-34-11-9-31-10-12-34;1-6(8)4-2-3-5-7;1-2;/h7-12,20-22,25H,2-6,13-19,23H2,1H3;6-11,19-21,23H,1-5,12-18,22H2,(H,41,42);3-8,15-17,19,31H,1-2,9-14,18H2;2-5H2,1H3;1-2H;/q;;;;-1;+1. The Morgan fingerprint density at radius 1 is 0.397 bits per heavy atom. The molecule has 0 radical (unpaired) electrons. The Morgan fingerprint density at radius 3 is 1.00 bits per heavy atom. The maximum atomic E-state index is 15.0. The number of Topliss-reactive ketones (excluding diaryl/α,β-unsaturated/α-hetero) is 5. The van der Waals surface area contributed by atoms with Crippen LogP contribution in [0.5, 0.6) is 34.5 Å². The van der Waals surface area contributed by atoms with Crippen molar-refractivity contribution in [3.8, 4) is 66.2 Å². The predicted octanol–water partition coefficient (Wildman–Crippen LogP) is 18.8. The van der Waals surface area contributed by atoms with Crippen molar-refractivity contribution in [3.63, 3.8) is 0 Å². The number of nitrogens with zero attached hydrogens (tertiary/aromatic N) is 11. The van der Waals surface area contributed by atoms with E-state index >= 15 is 0 Å². The number of pyridine rings is 6. The summed E-state index contributed by atoms with van der Waals surface area (Å²) in [5, 5.41) is 19.4. The van der Waals surface area contributed by atoms with Crippen LogP contribution in [0.15, 0.2) is 165 Å². The number of piperazine rings is 3. The number of alkyl halides is 1. The van der Waals surface area contributed by atoms with Crippen molar-refractivity contribution < 1.29 is 96.0 Å². The molecule has 136 heavy (non-hydrogen) atoms. The summed E-state index contributed by atoms with van der Waals surface area (Å²) in [6, 6.07) is 38.0. The van der Waals surface area contributed by atoms with Crippen LogP contribution in [0.3, 0.4) is 0 Å². The molecule has 3 aromatic carbocycles. The van der Waals surface area contributed by atoms with Crippen molar-refractivity contribution in [1.29, 1.82) is 0 Å². The van der Waals surface area contributed by atoms with E-state index in [2.05, 4.69) is 85.0 Å². The van der Waals surface area contributed by atoms with Crippen LogP contribution in [0.1, 0.15) is 163 Å². The zero-order valence-corrected chi connectivity index (χ0v) is 83.7. The number of carbonyl (C=O) groups is 6. The van der Waals surface area contributed by atoms with Crippen molar-refractivity contribution in [2.45, 2.75) is 168 Å². The zero-order valence-electron chi connectivity index (χ0n) is 77.6. The molecule has 3 saturated carbocycles. The van der Waals surface area contributed by atoms with Gasteiger partial charge < -0.3 is 55.1 Å². The van der Waals surface area contributed by atoms with Gasteiger partial charge >= 0.3 is 35.5 Å². The average Bonchev–Trinajstić information content (AvgIpc) is 1.65. The summed E-state index contributed by atoms with van der Waals surface area (Å²) in [6.45, 7) is 20.2. The summed E-state index contributed by atoms with van der Waals surface area (Å²) < 4.78 is 65.3. The van der Waals surface area contributed by atoms with Crippen LogP contribution in [0.2, 0.25) is 0 Å². The van der Waals surface area contributed by atoms with Crippen LogP contribution >= 0.6 is 49.9 Å². The second kappa shape index (κ2) is 52.6. The van der Waals surface area contributed by atoms with E-state index in [1.54, 1.807) is 87.0 Å². The number of rotatable bonds is 41. The third-order valence-corrected chi connectivity index (χ3v) is 28.5. The molecule has 32 heteroatoms. The van der Waals surface area contributed by atoms with Gasteiger partial charge in [-0.2, -0.15) is 0 Å². The number of halogens is 4. The molecule has 6 fully saturated rings. The minimum Gasteiger partial charge on any atom is -0.553 e. The van der Waals surface area contributed by atoms with Crippen molar-refractivity contribution in [3.05, 3.63) is 221 Å². The first-order valence-electron chi connectivity index (χ1n) is 46.9. The van der Waals surface area contributed by atoms with Gasteiger partial charge in [0.05, 0.1) is 62.4 Å². The van der Waals surface area contributed by atoms with Gasteiger partial charge in [0.2, 0.25) is 0 Å². The molecule has 0 bridgehead atoms.